The molecule has 1 aliphatic heterocycles. The van der Waals surface area contributed by atoms with Gasteiger partial charge in [-0.25, -0.2) is 0 Å². The quantitative estimate of drug-likeness (QED) is 0.498. The molecule has 8 nitrogen and oxygen atoms in total. The van der Waals surface area contributed by atoms with Crippen molar-refractivity contribution in [3.05, 3.63) is 0 Å². The first kappa shape index (κ1) is 19.1. The van der Waals surface area contributed by atoms with Crippen LogP contribution in [0.1, 0.15) is 39.0 Å². The number of carbonyl (C=O) groups is 4. The van der Waals surface area contributed by atoms with Crippen molar-refractivity contribution >= 4 is 23.5 Å². The number of ketones is 1. The zero-order valence-electron chi connectivity index (χ0n) is 13.8. The van der Waals surface area contributed by atoms with Crippen molar-refractivity contribution in [2.45, 2.75) is 51.1 Å². The standard InChI is InChI=1S/C15H26N4O4/c1-3-5-12(20)10(8-13(16)21)18-15(23)11-6-4-7-19(11)14(22)9-17-2/h10-11,17H,3-9H2,1-2H3,(H2,16,21)(H,18,23)/t10-,11?/m0/s1. The van der Waals surface area contributed by atoms with Crippen molar-refractivity contribution in [1.82, 2.24) is 15.5 Å². The fraction of sp³-hybridized carbons (Fsp3) is 0.733. The lowest BCUT2D eigenvalue weighted by atomic mass is 10.0. The van der Waals surface area contributed by atoms with Gasteiger partial charge in [0.25, 0.3) is 0 Å². The highest BCUT2D eigenvalue weighted by Gasteiger charge is 2.35. The molecule has 0 aromatic rings. The second-order valence-corrected chi connectivity index (χ2v) is 5.72. The van der Waals surface area contributed by atoms with Crippen LogP contribution < -0.4 is 16.4 Å². The summed E-state index contributed by atoms with van der Waals surface area (Å²) in [5.41, 5.74) is 5.16. The normalized spacial score (nSPS) is 18.5. The monoisotopic (exact) mass is 326 g/mol. The maximum Gasteiger partial charge on any atom is 0.243 e. The van der Waals surface area contributed by atoms with Crippen molar-refractivity contribution in [1.29, 1.82) is 0 Å². The number of nitrogens with zero attached hydrogens (tertiary/aromatic N) is 1. The number of amides is 3. The zero-order chi connectivity index (χ0) is 17.4. The van der Waals surface area contributed by atoms with Crippen molar-refractivity contribution < 1.29 is 19.2 Å². The van der Waals surface area contributed by atoms with Crippen molar-refractivity contribution in [2.75, 3.05) is 20.1 Å². The average molecular weight is 326 g/mol. The molecule has 3 amide bonds. The van der Waals surface area contributed by atoms with Gasteiger partial charge in [0.05, 0.1) is 19.0 Å². The van der Waals surface area contributed by atoms with Crippen LogP contribution in [0.15, 0.2) is 0 Å². The predicted octanol–water partition coefficient (Wildman–Crippen LogP) is -1.07. The molecule has 0 aliphatic carbocycles. The number of hydrogen-bond donors (Lipinski definition) is 3. The third kappa shape index (κ3) is 5.63. The largest absolute Gasteiger partial charge is 0.370 e. The number of carbonyl (C=O) groups excluding carboxylic acids is 4. The van der Waals surface area contributed by atoms with Crippen molar-refractivity contribution in [3.63, 3.8) is 0 Å². The summed E-state index contributed by atoms with van der Waals surface area (Å²) in [5.74, 6) is -1.42. The Hall–Kier alpha value is -1.96. The van der Waals surface area contributed by atoms with E-state index in [1.165, 1.54) is 4.90 Å². The van der Waals surface area contributed by atoms with Gasteiger partial charge in [-0.2, -0.15) is 0 Å². The molecule has 8 heteroatoms. The number of nitrogens with one attached hydrogen (secondary N) is 2. The molecular weight excluding hydrogens is 300 g/mol. The summed E-state index contributed by atoms with van der Waals surface area (Å²) in [6.45, 7) is 2.52. The second kappa shape index (κ2) is 9.24. The summed E-state index contributed by atoms with van der Waals surface area (Å²) in [7, 11) is 1.66. The van der Waals surface area contributed by atoms with E-state index in [1.807, 2.05) is 6.92 Å². The Labute approximate surface area is 136 Å². The summed E-state index contributed by atoms with van der Waals surface area (Å²) in [6, 6.07) is -1.51. The zero-order valence-corrected chi connectivity index (χ0v) is 13.8. The lowest BCUT2D eigenvalue weighted by molar-refractivity contribution is -0.139. The van der Waals surface area contributed by atoms with Gasteiger partial charge in [0, 0.05) is 13.0 Å². The summed E-state index contributed by atoms with van der Waals surface area (Å²) in [6.07, 6.45) is 1.96. The van der Waals surface area contributed by atoms with E-state index in [1.54, 1.807) is 7.05 Å². The van der Waals surface area contributed by atoms with E-state index >= 15 is 0 Å². The fourth-order valence-electron chi connectivity index (χ4n) is 2.73. The van der Waals surface area contributed by atoms with E-state index in [9.17, 15) is 19.2 Å². The number of Topliss-reactive ketones (excluding diaryl/α,β-unsaturated/α-hetero) is 1. The summed E-state index contributed by atoms with van der Waals surface area (Å²) in [4.78, 5) is 49.1. The molecule has 4 N–H and O–H groups in total. The van der Waals surface area contributed by atoms with Crippen molar-refractivity contribution in [2.24, 2.45) is 5.73 Å². The Morgan fingerprint density at radius 1 is 1.30 bits per heavy atom. The minimum Gasteiger partial charge on any atom is -0.370 e. The highest BCUT2D eigenvalue weighted by molar-refractivity contribution is 5.95. The minimum absolute atomic E-state index is 0.156. The predicted molar refractivity (Wildman–Crippen MR) is 84.3 cm³/mol. The molecule has 1 unspecified atom stereocenters. The van der Waals surface area contributed by atoms with Gasteiger partial charge in [-0.3, -0.25) is 19.2 Å². The van der Waals surface area contributed by atoms with Gasteiger partial charge in [-0.1, -0.05) is 6.92 Å². The highest BCUT2D eigenvalue weighted by atomic mass is 16.2. The first-order chi connectivity index (χ1) is 10.9. The SMILES string of the molecule is CCCC(=O)[C@H](CC(N)=O)NC(=O)C1CCCN1C(=O)CNC. The van der Waals surface area contributed by atoms with Crippen molar-refractivity contribution in [3.8, 4) is 0 Å². The van der Waals surface area contributed by atoms with E-state index in [0.717, 1.165) is 6.42 Å². The van der Waals surface area contributed by atoms with E-state index in [4.69, 9.17) is 5.73 Å². The first-order valence-electron chi connectivity index (χ1n) is 7.96. The molecule has 0 radical (unpaired) electrons. The molecule has 1 rings (SSSR count). The number of primary amides is 1. The number of likely N-dealkylation sites (N-methyl/N-ethyl adjacent to an activating group) is 1. The lowest BCUT2D eigenvalue weighted by Gasteiger charge is -2.26. The third-order valence-electron chi connectivity index (χ3n) is 3.81. The number of nitrogens with two attached hydrogens (primary N) is 1. The van der Waals surface area contributed by atoms with Crippen LogP contribution >= 0.6 is 0 Å². The van der Waals surface area contributed by atoms with Gasteiger partial charge < -0.3 is 21.3 Å². The van der Waals surface area contributed by atoms with Crippen LogP contribution in [0.25, 0.3) is 0 Å². The maximum absolute atomic E-state index is 12.4. The molecule has 1 fully saturated rings. The van der Waals surface area contributed by atoms with Crippen LogP contribution in [-0.2, 0) is 19.2 Å². The van der Waals surface area contributed by atoms with Crippen LogP contribution in [0.2, 0.25) is 0 Å². The molecular formula is C15H26N4O4. The minimum atomic E-state index is -0.915. The molecule has 0 aromatic carbocycles. The Morgan fingerprint density at radius 3 is 2.57 bits per heavy atom. The molecule has 2 atom stereocenters. The van der Waals surface area contributed by atoms with Gasteiger partial charge in [0.2, 0.25) is 17.7 Å². The van der Waals surface area contributed by atoms with Crippen LogP contribution in [0.4, 0.5) is 0 Å². The number of hydrogen-bond acceptors (Lipinski definition) is 5. The van der Waals surface area contributed by atoms with Gasteiger partial charge in [0.15, 0.2) is 5.78 Å². The Bertz CT molecular complexity index is 466. The Morgan fingerprint density at radius 2 is 2.00 bits per heavy atom. The van der Waals surface area contributed by atoms with E-state index in [0.29, 0.717) is 19.4 Å². The third-order valence-corrected chi connectivity index (χ3v) is 3.81. The molecule has 1 heterocycles. The van der Waals surface area contributed by atoms with E-state index < -0.39 is 23.9 Å². The maximum atomic E-state index is 12.4. The molecule has 0 saturated carbocycles. The molecule has 0 bridgehead atoms. The van der Waals surface area contributed by atoms with Crippen LogP contribution in [0.5, 0.6) is 0 Å². The number of rotatable bonds is 9. The molecule has 130 valence electrons. The average Bonchev–Trinajstić information content (AvgIpc) is 2.96. The van der Waals surface area contributed by atoms with Crippen LogP contribution in [0, 0.1) is 0 Å². The number of likely N-dealkylation sites (tertiary alicyclic amines) is 1. The van der Waals surface area contributed by atoms with Gasteiger partial charge >= 0.3 is 0 Å². The van der Waals surface area contributed by atoms with Gasteiger partial charge in [-0.05, 0) is 26.3 Å². The van der Waals surface area contributed by atoms with Crippen LogP contribution in [-0.4, -0.2) is 60.6 Å². The highest BCUT2D eigenvalue weighted by Crippen LogP contribution is 2.18. The molecule has 23 heavy (non-hydrogen) atoms. The first-order valence-corrected chi connectivity index (χ1v) is 7.96. The fourth-order valence-corrected chi connectivity index (χ4v) is 2.73. The summed E-state index contributed by atoms with van der Waals surface area (Å²) in [5, 5.41) is 5.37. The smallest absolute Gasteiger partial charge is 0.243 e. The van der Waals surface area contributed by atoms with Crippen LogP contribution in [0.3, 0.4) is 0 Å². The van der Waals surface area contributed by atoms with E-state index in [2.05, 4.69) is 10.6 Å². The van der Waals surface area contributed by atoms with Gasteiger partial charge in [-0.15, -0.1) is 0 Å². The second-order valence-electron chi connectivity index (χ2n) is 5.72. The Kier molecular flexibility index (Phi) is 7.67. The summed E-state index contributed by atoms with van der Waals surface area (Å²) < 4.78 is 0. The van der Waals surface area contributed by atoms with E-state index in [-0.39, 0.29) is 31.1 Å². The molecule has 0 aromatic heterocycles. The molecule has 0 spiro atoms. The lowest BCUT2D eigenvalue weighted by Crippen LogP contribution is -2.52. The molecule has 1 saturated heterocycles. The van der Waals surface area contributed by atoms with Gasteiger partial charge in [0.1, 0.15) is 6.04 Å². The topological polar surface area (TPSA) is 122 Å². The Balaban J connectivity index is 2.74. The summed E-state index contributed by atoms with van der Waals surface area (Å²) >= 11 is 0. The molecule has 1 aliphatic rings.